The van der Waals surface area contributed by atoms with E-state index >= 15 is 0 Å². The van der Waals surface area contributed by atoms with E-state index in [1.807, 2.05) is 79.7 Å². The van der Waals surface area contributed by atoms with Crippen LogP contribution in [-0.4, -0.2) is 118 Å². The van der Waals surface area contributed by atoms with Crippen molar-refractivity contribution in [3.05, 3.63) is 101 Å². The van der Waals surface area contributed by atoms with Gasteiger partial charge in [0.2, 0.25) is 6.29 Å². The quantitative estimate of drug-likeness (QED) is 0.0652. The Labute approximate surface area is 426 Å². The lowest BCUT2D eigenvalue weighted by Gasteiger charge is -2.53. The van der Waals surface area contributed by atoms with E-state index in [2.05, 4.69) is 20.8 Å². The van der Waals surface area contributed by atoms with Crippen molar-refractivity contribution in [2.24, 2.45) is 22.7 Å². The van der Waals surface area contributed by atoms with Gasteiger partial charge in [-0.05, 0) is 110 Å². The number of methoxy groups -OCH3 is 3. The molecule has 14 atom stereocenters. The molecule has 0 amide bonds. The number of cyclic esters (lactones) is 1. The highest BCUT2D eigenvalue weighted by Gasteiger charge is 3.01. The van der Waals surface area contributed by atoms with Crippen LogP contribution in [0.4, 0.5) is 0 Å². The largest absolute Gasteiger partial charge is 0.497 e. The summed E-state index contributed by atoms with van der Waals surface area (Å²) in [5.41, 5.74) is 0.0559. The molecule has 73 heavy (non-hydrogen) atoms. The zero-order valence-corrected chi connectivity index (χ0v) is 43.2. The maximum Gasteiger partial charge on any atom is 0.334 e. The van der Waals surface area contributed by atoms with E-state index in [0.717, 1.165) is 33.6 Å². The highest BCUT2D eigenvalue weighted by molar-refractivity contribution is 5.92. The van der Waals surface area contributed by atoms with Gasteiger partial charge in [-0.15, -0.1) is 0 Å². The van der Waals surface area contributed by atoms with Crippen molar-refractivity contribution in [3.8, 4) is 17.2 Å². The van der Waals surface area contributed by atoms with Crippen LogP contribution in [0.1, 0.15) is 90.3 Å². The second-order valence-electron chi connectivity index (χ2n) is 22.2. The molecule has 2 saturated carbocycles. The SMILES string of the molecule is CCC1O[C@H](OC(=O)C(C)(C)CC(=O)O[C@@H]2[C@@]3(C(C)C)O[C@H]3[C@@H]3O[C@]34[C@]23O[C@H]3C[C@H]2C3=C(CC[C@@]24C)C(=O)OC3)C(OCc2ccc(OC)cc2)[C@@H](OCc2ccc(OC)cc2)[C@@H]1OCc1ccc(OC)cc1. The summed E-state index contributed by atoms with van der Waals surface area (Å²) in [6.45, 7) is 12.5. The average Bonchev–Trinajstić information content (AvgIpc) is 4.35. The molecule has 16 heteroatoms. The minimum atomic E-state index is -1.41. The molecule has 2 unspecified atom stereocenters. The minimum absolute atomic E-state index is 0.0183. The lowest BCUT2D eigenvalue weighted by atomic mass is 9.46. The minimum Gasteiger partial charge on any atom is -0.497 e. The third-order valence-corrected chi connectivity index (χ3v) is 17.5. The van der Waals surface area contributed by atoms with E-state index in [1.54, 1.807) is 35.2 Å². The molecule has 5 heterocycles. The van der Waals surface area contributed by atoms with Crippen LogP contribution in [-0.2, 0) is 81.6 Å². The molecule has 0 aromatic heterocycles. The predicted octanol–water partition coefficient (Wildman–Crippen LogP) is 7.53. The zero-order chi connectivity index (χ0) is 51.2. The molecule has 2 spiro atoms. The molecular weight excluding hydrogens is 941 g/mol. The molecule has 5 aliphatic heterocycles. The second-order valence-corrected chi connectivity index (χ2v) is 22.2. The fraction of sp³-hybridized carbons (Fsp3) is 0.596. The maximum absolute atomic E-state index is 14.8. The molecule has 0 radical (unpaired) electrons. The molecule has 16 nitrogen and oxygen atoms in total. The topological polar surface area (TPSA) is 181 Å². The van der Waals surface area contributed by atoms with Gasteiger partial charge in [0.05, 0.1) is 65.2 Å². The first-order valence-corrected chi connectivity index (χ1v) is 25.8. The first-order chi connectivity index (χ1) is 35.1. The standard InChI is InChI=1S/C57H68O16/c1-10-41-44(64-27-32-11-17-35(61-7)18-12-32)45(65-28-33-13-19-36(62-8)20-14-33)46(66-29-34-15-21-37(63-9)22-16-34)50(68-41)70-52(60)53(4,5)26-43(58)69-51-55(31(2)3)47(72-55)48-57(73-48)54(6)24-23-38-39(30-67-49(38)59)40(54)25-42-56(51,57)71-42/h11-22,31,40-42,44-48,50-51H,10,23-30H2,1-9H3/t40-,41?,42-,44+,45-,46?,47-,48-,50+,51+,54-,55-,56+,57+/m0/s1. The Balaban J connectivity index is 0.850. The van der Waals surface area contributed by atoms with Gasteiger partial charge in [-0.1, -0.05) is 64.1 Å². The molecule has 3 aliphatic carbocycles. The maximum atomic E-state index is 14.8. The fourth-order valence-corrected chi connectivity index (χ4v) is 13.3. The smallest absolute Gasteiger partial charge is 0.334 e. The lowest BCUT2D eigenvalue weighted by Crippen LogP contribution is -2.70. The van der Waals surface area contributed by atoms with E-state index in [1.165, 1.54) is 0 Å². The molecule has 8 aliphatic rings. The second kappa shape index (κ2) is 18.6. The molecule has 4 saturated heterocycles. The Kier molecular flexibility index (Phi) is 12.8. The summed E-state index contributed by atoms with van der Waals surface area (Å²) in [6, 6.07) is 22.7. The highest BCUT2D eigenvalue weighted by atomic mass is 16.8. The van der Waals surface area contributed by atoms with Crippen molar-refractivity contribution in [1.82, 2.24) is 0 Å². The number of rotatable bonds is 19. The van der Waals surface area contributed by atoms with E-state index in [-0.39, 0.29) is 69.0 Å². The monoisotopic (exact) mass is 1010 g/mol. The van der Waals surface area contributed by atoms with Crippen LogP contribution in [0.3, 0.4) is 0 Å². The predicted molar refractivity (Wildman–Crippen MR) is 259 cm³/mol. The van der Waals surface area contributed by atoms with E-state index in [9.17, 15) is 14.4 Å². The first kappa shape index (κ1) is 50.1. The number of epoxide rings is 3. The summed E-state index contributed by atoms with van der Waals surface area (Å²) < 4.78 is 82.4. The summed E-state index contributed by atoms with van der Waals surface area (Å²) in [4.78, 5) is 42.1. The Bertz CT molecular complexity index is 2610. The van der Waals surface area contributed by atoms with Gasteiger partial charge < -0.3 is 61.6 Å². The number of carbonyl (C=O) groups excluding carboxylic acids is 3. The third kappa shape index (κ3) is 8.08. The van der Waals surface area contributed by atoms with Crippen LogP contribution in [0.25, 0.3) is 0 Å². The Morgan fingerprint density at radius 3 is 1.85 bits per heavy atom. The van der Waals surface area contributed by atoms with Crippen LogP contribution < -0.4 is 14.2 Å². The van der Waals surface area contributed by atoms with Crippen molar-refractivity contribution in [2.75, 3.05) is 27.9 Å². The highest BCUT2D eigenvalue weighted by Crippen LogP contribution is 2.83. The van der Waals surface area contributed by atoms with Gasteiger partial charge in [-0.3, -0.25) is 9.59 Å². The molecule has 11 rings (SSSR count). The van der Waals surface area contributed by atoms with Gasteiger partial charge in [0, 0.05) is 11.0 Å². The van der Waals surface area contributed by atoms with Crippen LogP contribution in [0.15, 0.2) is 83.9 Å². The summed E-state index contributed by atoms with van der Waals surface area (Å²) in [7, 11) is 4.84. The third-order valence-electron chi connectivity index (χ3n) is 17.5. The van der Waals surface area contributed by atoms with Gasteiger partial charge in [0.25, 0.3) is 0 Å². The molecule has 3 aromatic rings. The number of ether oxygens (including phenoxy) is 13. The summed E-state index contributed by atoms with van der Waals surface area (Å²) in [5.74, 6) is 0.584. The van der Waals surface area contributed by atoms with Crippen LogP contribution >= 0.6 is 0 Å². The Morgan fingerprint density at radius 2 is 1.30 bits per heavy atom. The van der Waals surface area contributed by atoms with E-state index < -0.39 is 76.4 Å². The summed E-state index contributed by atoms with van der Waals surface area (Å²) in [5, 5.41) is 0. The Morgan fingerprint density at radius 1 is 0.740 bits per heavy atom. The van der Waals surface area contributed by atoms with Gasteiger partial charge in [0.15, 0.2) is 11.7 Å². The number of carbonyl (C=O) groups is 3. The first-order valence-electron chi connectivity index (χ1n) is 25.8. The van der Waals surface area contributed by atoms with Crippen LogP contribution in [0.5, 0.6) is 17.2 Å². The molecular formula is C57H68O16. The molecule has 6 fully saturated rings. The number of benzene rings is 3. The van der Waals surface area contributed by atoms with Gasteiger partial charge in [-0.2, -0.15) is 0 Å². The Hall–Kier alpha value is -5.07. The molecule has 0 N–H and O–H groups in total. The van der Waals surface area contributed by atoms with Crippen molar-refractivity contribution < 1.29 is 76.0 Å². The number of hydrogen-bond donors (Lipinski definition) is 0. The average molecular weight is 1010 g/mol. The van der Waals surface area contributed by atoms with Gasteiger partial charge >= 0.3 is 17.9 Å². The van der Waals surface area contributed by atoms with Crippen molar-refractivity contribution in [2.45, 2.75) is 165 Å². The normalized spacial score (nSPS) is 36.3. The number of esters is 3. The van der Waals surface area contributed by atoms with Crippen LogP contribution in [0.2, 0.25) is 0 Å². The van der Waals surface area contributed by atoms with E-state index in [0.29, 0.717) is 37.2 Å². The summed E-state index contributed by atoms with van der Waals surface area (Å²) in [6.07, 6.45) is -3.91. The van der Waals surface area contributed by atoms with Crippen molar-refractivity contribution in [3.63, 3.8) is 0 Å². The lowest BCUT2D eigenvalue weighted by molar-refractivity contribution is -0.317. The molecule has 392 valence electrons. The zero-order valence-electron chi connectivity index (χ0n) is 43.2. The van der Waals surface area contributed by atoms with Crippen molar-refractivity contribution in [1.29, 1.82) is 0 Å². The van der Waals surface area contributed by atoms with E-state index in [4.69, 9.17) is 61.6 Å². The molecule has 0 bridgehead atoms. The van der Waals surface area contributed by atoms with Gasteiger partial charge in [-0.25, -0.2) is 4.79 Å². The number of fused-ring (bicyclic) bond motifs is 4. The van der Waals surface area contributed by atoms with Crippen LogP contribution in [0, 0.1) is 22.7 Å². The van der Waals surface area contributed by atoms with Crippen molar-refractivity contribution >= 4 is 17.9 Å². The number of hydrogen-bond acceptors (Lipinski definition) is 16. The molecule has 3 aromatic carbocycles. The van der Waals surface area contributed by atoms with Gasteiger partial charge in [0.1, 0.15) is 65.6 Å². The fourth-order valence-electron chi connectivity index (χ4n) is 13.3. The summed E-state index contributed by atoms with van der Waals surface area (Å²) >= 11 is 0.